The van der Waals surface area contributed by atoms with Crippen LogP contribution < -0.4 is 0 Å². The van der Waals surface area contributed by atoms with Crippen molar-refractivity contribution in [2.45, 2.75) is 43.7 Å². The Hall–Kier alpha value is -1.58. The fraction of sp³-hybridized carbons (Fsp3) is 0.455. The summed E-state index contributed by atoms with van der Waals surface area (Å²) in [6.45, 7) is 2.88. The molecule has 1 aliphatic rings. The lowest BCUT2D eigenvalue weighted by Gasteiger charge is -2.30. The molecule has 170 valence electrons. The summed E-state index contributed by atoms with van der Waals surface area (Å²) in [4.78, 5) is -3.97. The lowest BCUT2D eigenvalue weighted by Crippen LogP contribution is -2.27. The van der Waals surface area contributed by atoms with Crippen LogP contribution in [0.5, 0.6) is 0 Å². The molecule has 0 bridgehead atoms. The molecule has 0 radical (unpaired) electrons. The van der Waals surface area contributed by atoms with E-state index in [1.165, 1.54) is 0 Å². The van der Waals surface area contributed by atoms with Gasteiger partial charge in [-0.1, -0.05) is 26.2 Å². The molecular formula is C22H21BrF6O2. The minimum atomic E-state index is -3.97. The average molecular weight is 511 g/mol. The molecule has 1 aliphatic heterocycles. The van der Waals surface area contributed by atoms with Gasteiger partial charge in [-0.25, -0.2) is 17.6 Å². The number of alkyl halides is 3. The summed E-state index contributed by atoms with van der Waals surface area (Å²) in [7, 11) is 0. The molecule has 0 atom stereocenters. The fourth-order valence-electron chi connectivity index (χ4n) is 3.58. The third kappa shape index (κ3) is 5.62. The van der Waals surface area contributed by atoms with Crippen LogP contribution in [0, 0.1) is 29.2 Å². The molecule has 2 aromatic carbocycles. The van der Waals surface area contributed by atoms with E-state index in [4.69, 9.17) is 9.47 Å². The zero-order valence-electron chi connectivity index (χ0n) is 16.7. The summed E-state index contributed by atoms with van der Waals surface area (Å²) in [6.07, 6.45) is 3.21. The normalized spacial score (nSPS) is 19.6. The van der Waals surface area contributed by atoms with Gasteiger partial charge in [-0.05, 0) is 52.2 Å². The SMILES string of the molecule is CCCCCC1COC(c2cc(F)c(-c3cc(F)c(C(F)(F)Br)c(F)c3)c(F)c2)OC1. The molecule has 0 amide bonds. The van der Waals surface area contributed by atoms with Crippen LogP contribution in [0.1, 0.15) is 50.0 Å². The lowest BCUT2D eigenvalue weighted by molar-refractivity contribution is -0.206. The number of benzene rings is 2. The quantitative estimate of drug-likeness (QED) is 0.217. The van der Waals surface area contributed by atoms with Gasteiger partial charge in [0.05, 0.1) is 18.8 Å². The van der Waals surface area contributed by atoms with Crippen LogP contribution in [0.3, 0.4) is 0 Å². The van der Waals surface area contributed by atoms with Gasteiger partial charge >= 0.3 is 4.83 Å². The van der Waals surface area contributed by atoms with Gasteiger partial charge in [-0.3, -0.25) is 0 Å². The van der Waals surface area contributed by atoms with E-state index in [-0.39, 0.29) is 11.5 Å². The van der Waals surface area contributed by atoms with E-state index in [2.05, 4.69) is 6.92 Å². The third-order valence-electron chi connectivity index (χ3n) is 5.13. The zero-order chi connectivity index (χ0) is 22.8. The van der Waals surface area contributed by atoms with Crippen molar-refractivity contribution in [3.8, 4) is 11.1 Å². The van der Waals surface area contributed by atoms with Gasteiger partial charge in [0.15, 0.2) is 6.29 Å². The molecule has 3 rings (SSSR count). The van der Waals surface area contributed by atoms with Crippen molar-refractivity contribution in [1.29, 1.82) is 0 Å². The molecule has 9 heteroatoms. The third-order valence-corrected chi connectivity index (χ3v) is 5.53. The highest BCUT2D eigenvalue weighted by Gasteiger charge is 2.35. The van der Waals surface area contributed by atoms with Crippen molar-refractivity contribution in [2.75, 3.05) is 13.2 Å². The summed E-state index contributed by atoms with van der Waals surface area (Å²) in [5.74, 6) is -5.30. The predicted molar refractivity (Wildman–Crippen MR) is 107 cm³/mol. The molecule has 2 aromatic rings. The van der Waals surface area contributed by atoms with Gasteiger partial charge in [0.25, 0.3) is 0 Å². The second-order valence-corrected chi connectivity index (χ2v) is 8.53. The Balaban J connectivity index is 1.81. The summed E-state index contributed by atoms with van der Waals surface area (Å²) in [5.41, 5.74) is -2.74. The summed E-state index contributed by atoms with van der Waals surface area (Å²) in [5, 5.41) is 0. The Bertz CT molecular complexity index is 877. The number of ether oxygens (including phenoxy) is 2. The van der Waals surface area contributed by atoms with E-state index in [1.54, 1.807) is 0 Å². The first-order valence-corrected chi connectivity index (χ1v) is 10.7. The standard InChI is InChI=1S/C22H21BrF6O2/c1-2-3-4-5-12-10-30-21(31-11-12)14-8-15(24)19(16(25)9-14)13-6-17(26)20(18(27)7-13)22(23,28)29/h6-9,12,21H,2-5,10-11H2,1H3. The second kappa shape index (κ2) is 9.92. The van der Waals surface area contributed by atoms with Crippen LogP contribution in [0.4, 0.5) is 26.3 Å². The molecule has 31 heavy (non-hydrogen) atoms. The second-order valence-electron chi connectivity index (χ2n) is 7.53. The van der Waals surface area contributed by atoms with E-state index in [0.29, 0.717) is 25.3 Å². The van der Waals surface area contributed by atoms with E-state index < -0.39 is 51.1 Å². The van der Waals surface area contributed by atoms with Crippen LogP contribution in [0.15, 0.2) is 24.3 Å². The Morgan fingerprint density at radius 3 is 1.94 bits per heavy atom. The molecule has 1 fully saturated rings. The largest absolute Gasteiger partial charge is 0.348 e. The Kier molecular flexibility index (Phi) is 7.70. The van der Waals surface area contributed by atoms with Crippen LogP contribution in [0.2, 0.25) is 0 Å². The summed E-state index contributed by atoms with van der Waals surface area (Å²) < 4.78 is 95.2. The number of hydrogen-bond acceptors (Lipinski definition) is 2. The van der Waals surface area contributed by atoms with Gasteiger partial charge in [-0.15, -0.1) is 0 Å². The zero-order valence-corrected chi connectivity index (χ0v) is 18.3. The van der Waals surface area contributed by atoms with Gasteiger partial charge in [-0.2, -0.15) is 8.78 Å². The van der Waals surface area contributed by atoms with Crippen LogP contribution in [0.25, 0.3) is 11.1 Å². The van der Waals surface area contributed by atoms with Crippen molar-refractivity contribution in [2.24, 2.45) is 5.92 Å². The summed E-state index contributed by atoms with van der Waals surface area (Å²) >= 11 is 1.88. The molecule has 0 saturated carbocycles. The maximum atomic E-state index is 14.7. The minimum Gasteiger partial charge on any atom is -0.348 e. The highest BCUT2D eigenvalue weighted by atomic mass is 79.9. The highest BCUT2D eigenvalue weighted by Crippen LogP contribution is 2.40. The Morgan fingerprint density at radius 1 is 0.903 bits per heavy atom. The number of rotatable bonds is 7. The van der Waals surface area contributed by atoms with Crippen LogP contribution in [-0.2, 0) is 14.3 Å². The maximum Gasteiger partial charge on any atom is 0.332 e. The predicted octanol–water partition coefficient (Wildman–Crippen LogP) is 7.60. The van der Waals surface area contributed by atoms with E-state index in [1.807, 2.05) is 15.9 Å². The van der Waals surface area contributed by atoms with E-state index in [9.17, 15) is 26.3 Å². The Labute approximate surface area is 184 Å². The molecule has 1 heterocycles. The number of hydrogen-bond donors (Lipinski definition) is 0. The highest BCUT2D eigenvalue weighted by molar-refractivity contribution is 9.09. The molecule has 0 spiro atoms. The molecule has 2 nitrogen and oxygen atoms in total. The van der Waals surface area contributed by atoms with Crippen LogP contribution >= 0.6 is 15.9 Å². The topological polar surface area (TPSA) is 18.5 Å². The van der Waals surface area contributed by atoms with Gasteiger partial charge in [0.1, 0.15) is 28.8 Å². The Morgan fingerprint density at radius 2 is 1.45 bits per heavy atom. The fourth-order valence-corrected chi connectivity index (χ4v) is 3.96. The molecular weight excluding hydrogens is 490 g/mol. The first-order chi connectivity index (χ1) is 14.6. The molecule has 0 aliphatic carbocycles. The monoisotopic (exact) mass is 510 g/mol. The van der Waals surface area contributed by atoms with Crippen molar-refractivity contribution in [3.05, 3.63) is 58.7 Å². The van der Waals surface area contributed by atoms with Gasteiger partial charge in [0.2, 0.25) is 0 Å². The summed E-state index contributed by atoms with van der Waals surface area (Å²) in [6, 6.07) is 2.82. The lowest BCUT2D eigenvalue weighted by atomic mass is 9.99. The molecule has 0 aromatic heterocycles. The van der Waals surface area contributed by atoms with E-state index in [0.717, 1.165) is 37.8 Å². The van der Waals surface area contributed by atoms with Crippen molar-refractivity contribution < 1.29 is 35.8 Å². The molecule has 0 unspecified atom stereocenters. The van der Waals surface area contributed by atoms with Crippen LogP contribution in [-0.4, -0.2) is 13.2 Å². The van der Waals surface area contributed by atoms with Gasteiger partial charge in [0, 0.05) is 11.5 Å². The number of halogens is 7. The van der Waals surface area contributed by atoms with Gasteiger partial charge < -0.3 is 9.47 Å². The maximum absolute atomic E-state index is 14.7. The molecule has 1 saturated heterocycles. The van der Waals surface area contributed by atoms with Crippen molar-refractivity contribution >= 4 is 15.9 Å². The molecule has 0 N–H and O–H groups in total. The van der Waals surface area contributed by atoms with Crippen molar-refractivity contribution in [1.82, 2.24) is 0 Å². The van der Waals surface area contributed by atoms with E-state index >= 15 is 0 Å². The average Bonchev–Trinajstić information content (AvgIpc) is 2.66. The first kappa shape index (κ1) is 24.1. The first-order valence-electron chi connectivity index (χ1n) is 9.90. The smallest absolute Gasteiger partial charge is 0.332 e. The number of unbranched alkanes of at least 4 members (excludes halogenated alkanes) is 2. The minimum absolute atomic E-state index is 0.0790. The van der Waals surface area contributed by atoms with Crippen molar-refractivity contribution in [3.63, 3.8) is 0 Å².